The summed E-state index contributed by atoms with van der Waals surface area (Å²) >= 11 is 0. The second kappa shape index (κ2) is 5.17. The van der Waals surface area contributed by atoms with Gasteiger partial charge in [-0.15, -0.1) is 0 Å². The molecule has 0 aliphatic heterocycles. The van der Waals surface area contributed by atoms with E-state index in [1.807, 2.05) is 55.7 Å². The van der Waals surface area contributed by atoms with Gasteiger partial charge in [-0.25, -0.2) is 0 Å². The lowest BCUT2D eigenvalue weighted by Crippen LogP contribution is -2.00. The molecule has 0 atom stereocenters. The van der Waals surface area contributed by atoms with Crippen molar-refractivity contribution in [3.05, 3.63) is 59.9 Å². The predicted octanol–water partition coefficient (Wildman–Crippen LogP) is 2.96. The number of aromatic nitrogens is 2. The molecule has 4 heteroatoms. The smallest absolute Gasteiger partial charge is 0.154 e. The summed E-state index contributed by atoms with van der Waals surface area (Å²) < 4.78 is 7.45. The van der Waals surface area contributed by atoms with E-state index in [2.05, 4.69) is 5.10 Å². The average molecular weight is 266 g/mol. The zero-order valence-corrected chi connectivity index (χ0v) is 11.1. The Labute approximate surface area is 116 Å². The molecule has 3 aromatic rings. The molecule has 0 N–H and O–H groups in total. The van der Waals surface area contributed by atoms with E-state index >= 15 is 0 Å². The van der Waals surface area contributed by atoms with Crippen LogP contribution in [0.1, 0.15) is 16.1 Å². The van der Waals surface area contributed by atoms with Crippen molar-refractivity contribution in [1.82, 2.24) is 9.78 Å². The maximum absolute atomic E-state index is 11.4. The van der Waals surface area contributed by atoms with Crippen molar-refractivity contribution in [1.29, 1.82) is 0 Å². The summed E-state index contributed by atoms with van der Waals surface area (Å²) in [5.74, 6) is 0.587. The minimum absolute atomic E-state index is 0.347. The highest BCUT2D eigenvalue weighted by Crippen LogP contribution is 2.27. The lowest BCUT2D eigenvalue weighted by Gasteiger charge is -2.09. The van der Waals surface area contributed by atoms with E-state index in [0.717, 1.165) is 22.8 Å². The van der Waals surface area contributed by atoms with E-state index in [1.54, 1.807) is 4.68 Å². The number of aryl methyl sites for hydroxylation is 1. The summed E-state index contributed by atoms with van der Waals surface area (Å²) in [7, 11) is 1.86. The Balaban J connectivity index is 1.93. The SMILES string of the molecule is Cn1ccc(COc2ccc3ccccc3c2C=O)n1. The molecule has 3 rings (SSSR count). The van der Waals surface area contributed by atoms with Crippen molar-refractivity contribution in [2.75, 3.05) is 0 Å². The summed E-state index contributed by atoms with van der Waals surface area (Å²) in [5.41, 5.74) is 1.41. The first-order chi connectivity index (χ1) is 9.78. The maximum atomic E-state index is 11.4. The summed E-state index contributed by atoms with van der Waals surface area (Å²) in [6, 6.07) is 13.4. The zero-order valence-electron chi connectivity index (χ0n) is 11.1. The largest absolute Gasteiger partial charge is 0.486 e. The standard InChI is InChI=1S/C16H14N2O2/c1-18-9-8-13(17-18)11-20-16-7-6-12-4-2-3-5-14(12)15(16)10-19/h2-10H,11H2,1H3. The zero-order chi connectivity index (χ0) is 13.9. The summed E-state index contributed by atoms with van der Waals surface area (Å²) in [6.45, 7) is 0.347. The van der Waals surface area contributed by atoms with Gasteiger partial charge in [0.15, 0.2) is 6.29 Å². The molecule has 1 aromatic heterocycles. The number of benzene rings is 2. The van der Waals surface area contributed by atoms with Crippen molar-refractivity contribution in [3.63, 3.8) is 0 Å². The molecule has 0 amide bonds. The predicted molar refractivity (Wildman–Crippen MR) is 76.9 cm³/mol. The second-order valence-electron chi connectivity index (χ2n) is 4.59. The molecule has 20 heavy (non-hydrogen) atoms. The molecule has 0 bridgehead atoms. The third kappa shape index (κ3) is 2.28. The topological polar surface area (TPSA) is 44.1 Å². The lowest BCUT2D eigenvalue weighted by atomic mass is 10.0. The molecule has 0 radical (unpaired) electrons. The van der Waals surface area contributed by atoms with Crippen LogP contribution in [0.2, 0.25) is 0 Å². The van der Waals surface area contributed by atoms with Gasteiger partial charge >= 0.3 is 0 Å². The van der Waals surface area contributed by atoms with E-state index in [4.69, 9.17) is 4.74 Å². The molecule has 2 aromatic carbocycles. The molecule has 1 heterocycles. The molecule has 100 valence electrons. The van der Waals surface area contributed by atoms with Crippen molar-refractivity contribution < 1.29 is 9.53 Å². The first-order valence-corrected chi connectivity index (χ1v) is 6.36. The monoisotopic (exact) mass is 266 g/mol. The van der Waals surface area contributed by atoms with Crippen LogP contribution in [0.3, 0.4) is 0 Å². The van der Waals surface area contributed by atoms with Crippen LogP contribution in [0.15, 0.2) is 48.7 Å². The first-order valence-electron chi connectivity index (χ1n) is 6.36. The Morgan fingerprint density at radius 3 is 2.80 bits per heavy atom. The van der Waals surface area contributed by atoms with Gasteiger partial charge in [0.05, 0.1) is 11.3 Å². The molecule has 0 aliphatic carbocycles. The minimum Gasteiger partial charge on any atom is -0.486 e. The van der Waals surface area contributed by atoms with Gasteiger partial charge < -0.3 is 4.74 Å². The number of fused-ring (bicyclic) bond motifs is 1. The fraction of sp³-hybridized carbons (Fsp3) is 0.125. The highest BCUT2D eigenvalue weighted by Gasteiger charge is 2.08. The molecule has 0 fully saturated rings. The van der Waals surface area contributed by atoms with Gasteiger partial charge in [-0.2, -0.15) is 5.10 Å². The molecule has 0 unspecified atom stereocenters. The van der Waals surface area contributed by atoms with E-state index in [0.29, 0.717) is 17.9 Å². The molecule has 0 spiro atoms. The summed E-state index contributed by atoms with van der Waals surface area (Å²) in [5, 5.41) is 6.18. The van der Waals surface area contributed by atoms with Crippen LogP contribution >= 0.6 is 0 Å². The van der Waals surface area contributed by atoms with E-state index in [1.165, 1.54) is 0 Å². The number of nitrogens with zero attached hydrogens (tertiary/aromatic N) is 2. The molecule has 0 saturated carbocycles. The van der Waals surface area contributed by atoms with Crippen LogP contribution in [0, 0.1) is 0 Å². The molecule has 0 saturated heterocycles. The van der Waals surface area contributed by atoms with E-state index in [9.17, 15) is 4.79 Å². The summed E-state index contributed by atoms with van der Waals surface area (Å²) in [4.78, 5) is 11.4. The molecule has 0 aliphatic rings. The number of carbonyl (C=O) groups excluding carboxylic acids is 1. The number of hydrogen-bond donors (Lipinski definition) is 0. The average Bonchev–Trinajstić information content (AvgIpc) is 2.90. The normalized spacial score (nSPS) is 10.7. The second-order valence-corrected chi connectivity index (χ2v) is 4.59. The fourth-order valence-electron chi connectivity index (χ4n) is 2.21. The van der Waals surface area contributed by atoms with Crippen LogP contribution < -0.4 is 4.74 Å². The molecular formula is C16H14N2O2. The van der Waals surface area contributed by atoms with Crippen LogP contribution in [-0.2, 0) is 13.7 Å². The van der Waals surface area contributed by atoms with E-state index in [-0.39, 0.29) is 0 Å². The van der Waals surface area contributed by atoms with Crippen LogP contribution in [0.25, 0.3) is 10.8 Å². The number of rotatable bonds is 4. The Morgan fingerprint density at radius 2 is 2.05 bits per heavy atom. The van der Waals surface area contributed by atoms with Gasteiger partial charge in [0.1, 0.15) is 12.4 Å². The van der Waals surface area contributed by atoms with E-state index < -0.39 is 0 Å². The Morgan fingerprint density at radius 1 is 1.20 bits per heavy atom. The quantitative estimate of drug-likeness (QED) is 0.682. The van der Waals surface area contributed by atoms with Gasteiger partial charge in [0.2, 0.25) is 0 Å². The Bertz CT molecular complexity index is 762. The van der Waals surface area contributed by atoms with Crippen molar-refractivity contribution in [2.45, 2.75) is 6.61 Å². The summed E-state index contributed by atoms with van der Waals surface area (Å²) in [6.07, 6.45) is 2.70. The number of hydrogen-bond acceptors (Lipinski definition) is 3. The maximum Gasteiger partial charge on any atom is 0.154 e. The van der Waals surface area contributed by atoms with Crippen LogP contribution in [0.5, 0.6) is 5.75 Å². The minimum atomic E-state index is 0.347. The number of aldehydes is 1. The highest BCUT2D eigenvalue weighted by molar-refractivity contribution is 6.00. The van der Waals surface area contributed by atoms with Gasteiger partial charge in [-0.3, -0.25) is 9.48 Å². The third-order valence-corrected chi connectivity index (χ3v) is 3.19. The highest BCUT2D eigenvalue weighted by atomic mass is 16.5. The molecule has 4 nitrogen and oxygen atoms in total. The molecular weight excluding hydrogens is 252 g/mol. The van der Waals surface area contributed by atoms with Gasteiger partial charge in [-0.1, -0.05) is 30.3 Å². The lowest BCUT2D eigenvalue weighted by molar-refractivity contribution is 0.112. The Hall–Kier alpha value is -2.62. The fourth-order valence-corrected chi connectivity index (χ4v) is 2.21. The first kappa shape index (κ1) is 12.4. The van der Waals surface area contributed by atoms with Crippen molar-refractivity contribution >= 4 is 17.1 Å². The number of ether oxygens (including phenoxy) is 1. The van der Waals surface area contributed by atoms with Crippen LogP contribution in [-0.4, -0.2) is 16.1 Å². The van der Waals surface area contributed by atoms with Crippen molar-refractivity contribution in [3.8, 4) is 5.75 Å². The van der Waals surface area contributed by atoms with Crippen LogP contribution in [0.4, 0.5) is 0 Å². The van der Waals surface area contributed by atoms with Gasteiger partial charge in [0.25, 0.3) is 0 Å². The third-order valence-electron chi connectivity index (χ3n) is 3.19. The van der Waals surface area contributed by atoms with Gasteiger partial charge in [-0.05, 0) is 22.9 Å². The van der Waals surface area contributed by atoms with Gasteiger partial charge in [0, 0.05) is 13.2 Å². The number of carbonyl (C=O) groups is 1. The Kier molecular flexibility index (Phi) is 3.21. The van der Waals surface area contributed by atoms with Crippen molar-refractivity contribution in [2.24, 2.45) is 7.05 Å².